The van der Waals surface area contributed by atoms with Crippen LogP contribution in [0.15, 0.2) is 47.4 Å². The predicted octanol–water partition coefficient (Wildman–Crippen LogP) is 2.92. The van der Waals surface area contributed by atoms with E-state index >= 15 is 0 Å². The third kappa shape index (κ3) is 4.22. The fraction of sp³-hybridized carbons (Fsp3) is 0.391. The molecule has 2 aromatic rings. The standard InChI is InChI=1S/C23H27N3O5S/c1-16-7-10-18(11-8-16)32(29,30)26-14-3-5-19(26)23(28)24-17-9-12-21(31-2)20(15-17)25-13-4-6-22(25)27/h7-12,15,19H,3-6,13-14H2,1-2H3,(H,24,28)/t19-/m0/s1. The molecule has 4 rings (SSSR count). The minimum absolute atomic E-state index is 0.0120. The smallest absolute Gasteiger partial charge is 0.243 e. The van der Waals surface area contributed by atoms with Gasteiger partial charge in [0.05, 0.1) is 17.7 Å². The van der Waals surface area contributed by atoms with Gasteiger partial charge in [-0.1, -0.05) is 17.7 Å². The number of sulfonamides is 1. The summed E-state index contributed by atoms with van der Waals surface area (Å²) in [7, 11) is -2.25. The fourth-order valence-electron chi connectivity index (χ4n) is 4.24. The number of benzene rings is 2. The van der Waals surface area contributed by atoms with E-state index < -0.39 is 16.1 Å². The van der Waals surface area contributed by atoms with Crippen LogP contribution in [0.2, 0.25) is 0 Å². The molecule has 0 aliphatic carbocycles. The maximum atomic E-state index is 13.1. The largest absolute Gasteiger partial charge is 0.495 e. The number of carbonyl (C=O) groups is 2. The molecule has 0 spiro atoms. The van der Waals surface area contributed by atoms with Crippen molar-refractivity contribution < 1.29 is 22.7 Å². The van der Waals surface area contributed by atoms with Gasteiger partial charge in [-0.25, -0.2) is 8.42 Å². The normalized spacial score (nSPS) is 19.4. The Labute approximate surface area is 188 Å². The van der Waals surface area contributed by atoms with Crippen LogP contribution in [0.3, 0.4) is 0 Å². The number of carbonyl (C=O) groups excluding carboxylic acids is 2. The van der Waals surface area contributed by atoms with Crippen LogP contribution in [0.5, 0.6) is 5.75 Å². The topological polar surface area (TPSA) is 96.0 Å². The molecule has 9 heteroatoms. The first-order valence-electron chi connectivity index (χ1n) is 10.7. The van der Waals surface area contributed by atoms with Gasteiger partial charge in [-0.2, -0.15) is 4.31 Å². The van der Waals surface area contributed by atoms with E-state index in [1.165, 1.54) is 11.4 Å². The molecule has 2 heterocycles. The Morgan fingerprint density at radius 3 is 2.50 bits per heavy atom. The van der Waals surface area contributed by atoms with Crippen molar-refractivity contribution in [2.45, 2.75) is 43.5 Å². The quantitative estimate of drug-likeness (QED) is 0.720. The number of hydrogen-bond donors (Lipinski definition) is 1. The van der Waals surface area contributed by atoms with Crippen LogP contribution in [0.25, 0.3) is 0 Å². The summed E-state index contributed by atoms with van der Waals surface area (Å²) in [5, 5.41) is 2.84. The summed E-state index contributed by atoms with van der Waals surface area (Å²) in [6.45, 7) is 2.78. The van der Waals surface area contributed by atoms with Gasteiger partial charge in [0.1, 0.15) is 11.8 Å². The second-order valence-electron chi connectivity index (χ2n) is 8.11. The molecule has 0 saturated carbocycles. The van der Waals surface area contributed by atoms with E-state index in [0.29, 0.717) is 49.5 Å². The summed E-state index contributed by atoms with van der Waals surface area (Å²) < 4.78 is 33.0. The Balaban J connectivity index is 1.55. The number of hydrogen-bond acceptors (Lipinski definition) is 5. The molecule has 2 aromatic carbocycles. The Bertz CT molecular complexity index is 1130. The highest BCUT2D eigenvalue weighted by molar-refractivity contribution is 7.89. The minimum atomic E-state index is -3.78. The first kappa shape index (κ1) is 22.3. The van der Waals surface area contributed by atoms with Gasteiger partial charge in [-0.05, 0) is 56.5 Å². The zero-order valence-corrected chi connectivity index (χ0v) is 19.0. The van der Waals surface area contributed by atoms with Crippen LogP contribution in [0.4, 0.5) is 11.4 Å². The molecule has 1 N–H and O–H groups in total. The second kappa shape index (κ2) is 8.91. The summed E-state index contributed by atoms with van der Waals surface area (Å²) in [5.41, 5.74) is 2.06. The summed E-state index contributed by atoms with van der Waals surface area (Å²) >= 11 is 0. The zero-order valence-electron chi connectivity index (χ0n) is 18.2. The molecule has 0 aromatic heterocycles. The average molecular weight is 458 g/mol. The minimum Gasteiger partial charge on any atom is -0.495 e. The van der Waals surface area contributed by atoms with E-state index in [0.717, 1.165) is 12.0 Å². The van der Waals surface area contributed by atoms with E-state index in [1.54, 1.807) is 47.4 Å². The first-order valence-corrected chi connectivity index (χ1v) is 12.1. The molecule has 2 amide bonds. The SMILES string of the molecule is COc1ccc(NC(=O)[C@@H]2CCCN2S(=O)(=O)c2ccc(C)cc2)cc1N1CCCC1=O. The molecule has 1 atom stereocenters. The van der Waals surface area contributed by atoms with Gasteiger partial charge >= 0.3 is 0 Å². The average Bonchev–Trinajstić information content (AvgIpc) is 3.43. The molecule has 2 aliphatic heterocycles. The molecule has 0 unspecified atom stereocenters. The molecule has 0 bridgehead atoms. The number of nitrogens with zero attached hydrogens (tertiary/aromatic N) is 2. The molecule has 2 aliphatic rings. The van der Waals surface area contributed by atoms with Crippen LogP contribution < -0.4 is 15.0 Å². The Hall–Kier alpha value is -2.91. The van der Waals surface area contributed by atoms with Crippen LogP contribution in [-0.2, 0) is 19.6 Å². The lowest BCUT2D eigenvalue weighted by Gasteiger charge is -2.24. The van der Waals surface area contributed by atoms with Crippen LogP contribution in [0, 0.1) is 6.92 Å². The number of ether oxygens (including phenoxy) is 1. The van der Waals surface area contributed by atoms with Crippen LogP contribution >= 0.6 is 0 Å². The lowest BCUT2D eigenvalue weighted by Crippen LogP contribution is -2.43. The van der Waals surface area contributed by atoms with E-state index in [2.05, 4.69) is 5.32 Å². The summed E-state index contributed by atoms with van der Waals surface area (Å²) in [4.78, 5) is 27.1. The van der Waals surface area contributed by atoms with Crippen molar-refractivity contribution in [1.29, 1.82) is 0 Å². The van der Waals surface area contributed by atoms with E-state index in [1.807, 2.05) is 6.92 Å². The van der Waals surface area contributed by atoms with Crippen LogP contribution in [-0.4, -0.2) is 50.8 Å². The molecule has 32 heavy (non-hydrogen) atoms. The summed E-state index contributed by atoms with van der Waals surface area (Å²) in [6.07, 6.45) is 2.31. The number of methoxy groups -OCH3 is 1. The van der Waals surface area contributed by atoms with Crippen molar-refractivity contribution >= 4 is 33.2 Å². The van der Waals surface area contributed by atoms with Gasteiger partial charge < -0.3 is 15.0 Å². The van der Waals surface area contributed by atoms with Crippen molar-refractivity contribution in [2.24, 2.45) is 0 Å². The van der Waals surface area contributed by atoms with Crippen molar-refractivity contribution in [3.05, 3.63) is 48.0 Å². The van der Waals surface area contributed by atoms with Gasteiger partial charge in [-0.15, -0.1) is 0 Å². The molecule has 2 fully saturated rings. The maximum Gasteiger partial charge on any atom is 0.243 e. The third-order valence-corrected chi connectivity index (χ3v) is 7.87. The van der Waals surface area contributed by atoms with Crippen molar-refractivity contribution in [3.63, 3.8) is 0 Å². The third-order valence-electron chi connectivity index (χ3n) is 5.94. The summed E-state index contributed by atoms with van der Waals surface area (Å²) in [5.74, 6) is 0.169. The predicted molar refractivity (Wildman–Crippen MR) is 121 cm³/mol. The molecule has 2 saturated heterocycles. The van der Waals surface area contributed by atoms with Gasteiger partial charge in [0.2, 0.25) is 21.8 Å². The summed E-state index contributed by atoms with van der Waals surface area (Å²) in [6, 6.07) is 10.9. The van der Waals surface area contributed by atoms with Gasteiger partial charge in [0.25, 0.3) is 0 Å². The van der Waals surface area contributed by atoms with Crippen molar-refractivity contribution in [2.75, 3.05) is 30.4 Å². The van der Waals surface area contributed by atoms with Crippen LogP contribution in [0.1, 0.15) is 31.2 Å². The lowest BCUT2D eigenvalue weighted by atomic mass is 10.2. The van der Waals surface area contributed by atoms with E-state index in [4.69, 9.17) is 4.74 Å². The number of nitrogens with one attached hydrogen (secondary N) is 1. The highest BCUT2D eigenvalue weighted by Crippen LogP contribution is 2.34. The Morgan fingerprint density at radius 2 is 1.84 bits per heavy atom. The number of amides is 2. The van der Waals surface area contributed by atoms with Crippen molar-refractivity contribution in [3.8, 4) is 5.75 Å². The molecule has 0 radical (unpaired) electrons. The Morgan fingerprint density at radius 1 is 1.09 bits per heavy atom. The first-order chi connectivity index (χ1) is 15.3. The monoisotopic (exact) mass is 457 g/mol. The number of rotatable bonds is 6. The Kier molecular flexibility index (Phi) is 6.21. The van der Waals surface area contributed by atoms with E-state index in [-0.39, 0.29) is 16.7 Å². The highest BCUT2D eigenvalue weighted by Gasteiger charge is 2.39. The number of aryl methyl sites for hydroxylation is 1. The zero-order chi connectivity index (χ0) is 22.9. The lowest BCUT2D eigenvalue weighted by molar-refractivity contribution is -0.119. The molecular formula is C23H27N3O5S. The van der Waals surface area contributed by atoms with E-state index in [9.17, 15) is 18.0 Å². The highest BCUT2D eigenvalue weighted by atomic mass is 32.2. The van der Waals surface area contributed by atoms with Gasteiger partial charge in [0, 0.05) is 25.2 Å². The van der Waals surface area contributed by atoms with Gasteiger partial charge in [-0.3, -0.25) is 9.59 Å². The number of anilines is 2. The second-order valence-corrected chi connectivity index (χ2v) is 10.0. The van der Waals surface area contributed by atoms with Crippen molar-refractivity contribution in [1.82, 2.24) is 4.31 Å². The molecule has 8 nitrogen and oxygen atoms in total. The fourth-order valence-corrected chi connectivity index (χ4v) is 5.90. The van der Waals surface area contributed by atoms with Gasteiger partial charge in [0.15, 0.2) is 0 Å². The maximum absolute atomic E-state index is 13.1. The molecular weight excluding hydrogens is 430 g/mol. The molecule has 170 valence electrons.